The number of ether oxygens (including phenoxy) is 1. The van der Waals surface area contributed by atoms with Gasteiger partial charge in [-0.2, -0.15) is 0 Å². The maximum absolute atomic E-state index is 12.2. The van der Waals surface area contributed by atoms with Gasteiger partial charge in [-0.3, -0.25) is 4.79 Å². The lowest BCUT2D eigenvalue weighted by molar-refractivity contribution is 0.104. The molecule has 0 aliphatic carbocycles. The Bertz CT molecular complexity index is 718. The Morgan fingerprint density at radius 2 is 1.96 bits per heavy atom. The fraction of sp³-hybridized carbons (Fsp3) is 0.211. The number of benzene rings is 2. The number of phenolic OH excluding ortho intramolecular Hbond substituents is 1. The molecule has 0 unspecified atom stereocenters. The van der Waals surface area contributed by atoms with Crippen LogP contribution in [0.3, 0.4) is 0 Å². The third-order valence-corrected chi connectivity index (χ3v) is 3.50. The van der Waals surface area contributed by atoms with Crippen LogP contribution < -0.4 is 10.1 Å². The van der Waals surface area contributed by atoms with E-state index in [4.69, 9.17) is 4.74 Å². The predicted octanol–water partition coefficient (Wildman–Crippen LogP) is 4.04. The van der Waals surface area contributed by atoms with Crippen LogP contribution in [0, 0.1) is 6.92 Å². The Morgan fingerprint density at radius 1 is 1.26 bits per heavy atom. The molecule has 0 radical (unpaired) electrons. The van der Waals surface area contributed by atoms with Gasteiger partial charge in [0, 0.05) is 29.9 Å². The molecule has 2 aromatic carbocycles. The summed E-state index contributed by atoms with van der Waals surface area (Å²) in [5, 5.41) is 12.8. The summed E-state index contributed by atoms with van der Waals surface area (Å²) in [4.78, 5) is 12.2. The van der Waals surface area contributed by atoms with E-state index < -0.39 is 0 Å². The monoisotopic (exact) mass is 311 g/mol. The molecular weight excluding hydrogens is 290 g/mol. The van der Waals surface area contributed by atoms with E-state index in [-0.39, 0.29) is 11.5 Å². The number of carbonyl (C=O) groups is 1. The lowest BCUT2D eigenvalue weighted by Gasteiger charge is -2.09. The lowest BCUT2D eigenvalue weighted by Crippen LogP contribution is -1.97. The highest BCUT2D eigenvalue weighted by Crippen LogP contribution is 2.29. The number of carbonyl (C=O) groups excluding carboxylic acids is 1. The molecule has 0 aliphatic rings. The number of aryl methyl sites for hydroxylation is 1. The number of nitrogens with one attached hydrogen (secondary N) is 1. The number of anilines is 1. The molecule has 0 aliphatic heterocycles. The van der Waals surface area contributed by atoms with Gasteiger partial charge in [0.1, 0.15) is 11.5 Å². The first-order chi connectivity index (χ1) is 11.0. The summed E-state index contributed by atoms with van der Waals surface area (Å²) in [6.07, 6.45) is 3.23. The average molecular weight is 311 g/mol. The zero-order valence-corrected chi connectivity index (χ0v) is 13.6. The van der Waals surface area contributed by atoms with Crippen molar-refractivity contribution in [2.75, 3.05) is 19.0 Å². The summed E-state index contributed by atoms with van der Waals surface area (Å²) in [7, 11) is 1.83. The highest BCUT2D eigenvalue weighted by molar-refractivity contribution is 6.07. The van der Waals surface area contributed by atoms with Crippen molar-refractivity contribution in [3.05, 3.63) is 59.2 Å². The maximum Gasteiger partial charge on any atom is 0.185 e. The normalized spacial score (nSPS) is 10.7. The van der Waals surface area contributed by atoms with E-state index in [1.54, 1.807) is 37.3 Å². The fourth-order valence-corrected chi connectivity index (χ4v) is 2.17. The van der Waals surface area contributed by atoms with Gasteiger partial charge in [-0.1, -0.05) is 0 Å². The number of rotatable bonds is 6. The Kier molecular flexibility index (Phi) is 5.41. The quantitative estimate of drug-likeness (QED) is 0.624. The van der Waals surface area contributed by atoms with Crippen molar-refractivity contribution in [3.63, 3.8) is 0 Å². The summed E-state index contributed by atoms with van der Waals surface area (Å²) in [6.45, 7) is 4.17. The van der Waals surface area contributed by atoms with Crippen LogP contribution in [0.25, 0.3) is 6.08 Å². The van der Waals surface area contributed by atoms with Gasteiger partial charge in [0.05, 0.1) is 6.61 Å². The Morgan fingerprint density at radius 3 is 2.57 bits per heavy atom. The number of phenols is 1. The number of hydrogen-bond acceptors (Lipinski definition) is 4. The van der Waals surface area contributed by atoms with Crippen molar-refractivity contribution in [1.29, 1.82) is 0 Å². The summed E-state index contributed by atoms with van der Waals surface area (Å²) < 4.78 is 5.51. The van der Waals surface area contributed by atoms with Gasteiger partial charge in [-0.25, -0.2) is 0 Å². The van der Waals surface area contributed by atoms with Crippen molar-refractivity contribution in [2.24, 2.45) is 0 Å². The van der Waals surface area contributed by atoms with Crippen LogP contribution in [0.15, 0.2) is 42.5 Å². The van der Waals surface area contributed by atoms with Gasteiger partial charge in [-0.15, -0.1) is 0 Å². The number of ketones is 1. The third-order valence-electron chi connectivity index (χ3n) is 3.50. The maximum atomic E-state index is 12.2. The summed E-state index contributed by atoms with van der Waals surface area (Å²) in [6, 6.07) is 10.7. The molecule has 0 amide bonds. The Labute approximate surface area is 136 Å². The first kappa shape index (κ1) is 16.6. The second-order valence-corrected chi connectivity index (χ2v) is 5.13. The minimum atomic E-state index is -0.0826. The molecule has 0 heterocycles. The van der Waals surface area contributed by atoms with Crippen LogP contribution in [0.4, 0.5) is 5.69 Å². The zero-order chi connectivity index (χ0) is 16.8. The number of aromatic hydroxyl groups is 1. The topological polar surface area (TPSA) is 58.6 Å². The van der Waals surface area contributed by atoms with Gasteiger partial charge < -0.3 is 15.2 Å². The second kappa shape index (κ2) is 7.49. The van der Waals surface area contributed by atoms with Crippen LogP contribution in [-0.2, 0) is 0 Å². The predicted molar refractivity (Wildman–Crippen MR) is 93.4 cm³/mol. The first-order valence-electron chi connectivity index (χ1n) is 7.51. The van der Waals surface area contributed by atoms with Crippen molar-refractivity contribution >= 4 is 17.5 Å². The molecule has 0 aromatic heterocycles. The SMILES string of the molecule is CCOc1cc(O)c(C)cc1C=CC(=O)c1ccc(NC)cc1. The number of allylic oxidation sites excluding steroid dienone is 1. The summed E-state index contributed by atoms with van der Waals surface area (Å²) in [5.41, 5.74) is 3.08. The third kappa shape index (κ3) is 4.13. The molecule has 120 valence electrons. The van der Waals surface area contributed by atoms with Gasteiger partial charge >= 0.3 is 0 Å². The van der Waals surface area contributed by atoms with Gasteiger partial charge in [-0.05, 0) is 61.9 Å². The smallest absolute Gasteiger partial charge is 0.185 e. The van der Waals surface area contributed by atoms with Crippen molar-refractivity contribution in [2.45, 2.75) is 13.8 Å². The van der Waals surface area contributed by atoms with Crippen molar-refractivity contribution in [3.8, 4) is 11.5 Å². The van der Waals surface area contributed by atoms with E-state index in [0.717, 1.165) is 16.8 Å². The molecule has 0 saturated heterocycles. The average Bonchev–Trinajstić information content (AvgIpc) is 2.56. The molecule has 4 nitrogen and oxygen atoms in total. The van der Waals surface area contributed by atoms with Crippen LogP contribution in [0.1, 0.15) is 28.4 Å². The van der Waals surface area contributed by atoms with Crippen molar-refractivity contribution < 1.29 is 14.6 Å². The van der Waals surface area contributed by atoms with Crippen LogP contribution in [0.2, 0.25) is 0 Å². The molecule has 4 heteroatoms. The minimum Gasteiger partial charge on any atom is -0.508 e. The lowest BCUT2D eigenvalue weighted by atomic mass is 10.1. The summed E-state index contributed by atoms with van der Waals surface area (Å²) in [5.74, 6) is 0.658. The molecule has 23 heavy (non-hydrogen) atoms. The first-order valence-corrected chi connectivity index (χ1v) is 7.51. The summed E-state index contributed by atoms with van der Waals surface area (Å²) >= 11 is 0. The van der Waals surface area contributed by atoms with Gasteiger partial charge in [0.15, 0.2) is 5.78 Å². The van der Waals surface area contributed by atoms with E-state index in [1.807, 2.05) is 26.1 Å². The van der Waals surface area contributed by atoms with Crippen LogP contribution in [-0.4, -0.2) is 24.5 Å². The minimum absolute atomic E-state index is 0.0826. The highest BCUT2D eigenvalue weighted by Gasteiger charge is 2.07. The molecule has 2 N–H and O–H groups in total. The fourth-order valence-electron chi connectivity index (χ4n) is 2.17. The molecule has 2 rings (SSSR count). The molecule has 0 spiro atoms. The van der Waals surface area contributed by atoms with Crippen LogP contribution >= 0.6 is 0 Å². The molecule has 0 atom stereocenters. The number of hydrogen-bond donors (Lipinski definition) is 2. The van der Waals surface area contributed by atoms with E-state index >= 15 is 0 Å². The Hall–Kier alpha value is -2.75. The van der Waals surface area contributed by atoms with E-state index in [9.17, 15) is 9.90 Å². The molecule has 0 saturated carbocycles. The molecule has 2 aromatic rings. The second-order valence-electron chi connectivity index (χ2n) is 5.13. The standard InChI is InChI=1S/C19H21NO3/c1-4-23-19-12-18(22)13(2)11-15(19)7-10-17(21)14-5-8-16(20-3)9-6-14/h5-12,20,22H,4H2,1-3H3. The van der Waals surface area contributed by atoms with Gasteiger partial charge in [0.2, 0.25) is 0 Å². The van der Waals surface area contributed by atoms with Crippen LogP contribution in [0.5, 0.6) is 11.5 Å². The van der Waals surface area contributed by atoms with E-state index in [0.29, 0.717) is 17.9 Å². The van der Waals surface area contributed by atoms with Gasteiger partial charge in [0.25, 0.3) is 0 Å². The van der Waals surface area contributed by atoms with E-state index in [2.05, 4.69) is 5.32 Å². The van der Waals surface area contributed by atoms with E-state index in [1.165, 1.54) is 6.08 Å². The molecule has 0 fully saturated rings. The molecule has 0 bridgehead atoms. The highest BCUT2D eigenvalue weighted by atomic mass is 16.5. The molecular formula is C19H21NO3. The van der Waals surface area contributed by atoms with Crippen molar-refractivity contribution in [1.82, 2.24) is 0 Å². The zero-order valence-electron chi connectivity index (χ0n) is 13.6. The largest absolute Gasteiger partial charge is 0.508 e. The Balaban J connectivity index is 2.24.